The Morgan fingerprint density at radius 1 is 1.11 bits per heavy atom. The summed E-state index contributed by atoms with van der Waals surface area (Å²) in [6.45, 7) is 8.61. The highest BCUT2D eigenvalue weighted by Crippen LogP contribution is 2.50. The number of nitrogens with one attached hydrogen (secondary N) is 1. The van der Waals surface area contributed by atoms with Crippen molar-refractivity contribution in [3.05, 3.63) is 69.7 Å². The average Bonchev–Trinajstić information content (AvgIpc) is 3.23. The lowest BCUT2D eigenvalue weighted by molar-refractivity contribution is -0.138. The van der Waals surface area contributed by atoms with E-state index in [1.807, 2.05) is 6.92 Å². The fraction of sp³-hybridized carbons (Fsp3) is 0.529. The molecule has 1 heterocycles. The Morgan fingerprint density at radius 3 is 2.31 bits per heavy atom. The molecular weight excluding hydrogens is 607 g/mol. The van der Waals surface area contributed by atoms with Gasteiger partial charge in [-0.2, -0.15) is 13.2 Å². The van der Waals surface area contributed by atoms with E-state index in [4.69, 9.17) is 21.7 Å². The summed E-state index contributed by atoms with van der Waals surface area (Å²) in [6.07, 6.45) is 0.172. The van der Waals surface area contributed by atoms with Crippen LogP contribution in [0, 0.1) is 11.3 Å². The van der Waals surface area contributed by atoms with E-state index < -0.39 is 41.2 Å². The zero-order valence-electron chi connectivity index (χ0n) is 26.1. The molecule has 2 aromatic rings. The van der Waals surface area contributed by atoms with Crippen molar-refractivity contribution in [1.82, 2.24) is 10.2 Å². The van der Waals surface area contributed by atoms with Gasteiger partial charge in [-0.1, -0.05) is 64.3 Å². The van der Waals surface area contributed by atoms with Crippen LogP contribution in [0.3, 0.4) is 0 Å². The van der Waals surface area contributed by atoms with Crippen molar-refractivity contribution in [2.24, 2.45) is 16.3 Å². The van der Waals surface area contributed by atoms with Gasteiger partial charge < -0.3 is 15.3 Å². The third kappa shape index (κ3) is 7.88. The Morgan fingerprint density at radius 2 is 1.76 bits per heavy atom. The lowest BCUT2D eigenvalue weighted by Crippen LogP contribution is -2.51. The first-order chi connectivity index (χ1) is 21.1. The Hall–Kier alpha value is -3.40. The van der Waals surface area contributed by atoms with E-state index >= 15 is 0 Å². The van der Waals surface area contributed by atoms with Gasteiger partial charge in [-0.3, -0.25) is 19.4 Å². The topological polar surface area (TPSA) is 99.1 Å². The van der Waals surface area contributed by atoms with E-state index in [-0.39, 0.29) is 34.7 Å². The molecule has 4 rings (SSSR count). The molecule has 0 radical (unpaired) electrons. The molecule has 2 aromatic carbocycles. The molecule has 7 nitrogen and oxygen atoms in total. The van der Waals surface area contributed by atoms with Crippen LogP contribution in [-0.2, 0) is 15.8 Å². The molecule has 2 amide bonds. The van der Waals surface area contributed by atoms with E-state index in [2.05, 4.69) is 26.1 Å². The fourth-order valence-electron chi connectivity index (χ4n) is 6.51. The first-order valence-electron chi connectivity index (χ1n) is 15.5. The summed E-state index contributed by atoms with van der Waals surface area (Å²) in [5.41, 5.74) is -0.657. The van der Waals surface area contributed by atoms with Gasteiger partial charge in [0.05, 0.1) is 18.0 Å². The number of carboxylic acids is 1. The number of carboxylic acid groups (broad SMARTS) is 1. The minimum Gasteiger partial charge on any atom is -0.481 e. The second-order valence-electron chi connectivity index (χ2n) is 13.2. The molecule has 1 atom stereocenters. The van der Waals surface area contributed by atoms with Crippen LogP contribution < -0.4 is 5.32 Å². The van der Waals surface area contributed by atoms with Gasteiger partial charge in [0.1, 0.15) is 11.4 Å². The molecule has 0 bridgehead atoms. The predicted molar refractivity (Wildman–Crippen MR) is 167 cm³/mol. The maximum atomic E-state index is 14.4. The number of alkyl halides is 3. The Bertz CT molecular complexity index is 1440. The summed E-state index contributed by atoms with van der Waals surface area (Å²) in [4.78, 5) is 44.6. The zero-order chi connectivity index (χ0) is 33.2. The number of carbonyl (C=O) groups excluding carboxylic acids is 2. The fourth-order valence-corrected chi connectivity index (χ4v) is 6.74. The van der Waals surface area contributed by atoms with Crippen molar-refractivity contribution in [2.75, 3.05) is 6.54 Å². The minimum atomic E-state index is -4.64. The first-order valence-corrected chi connectivity index (χ1v) is 15.8. The molecule has 1 spiro atoms. The Balaban J connectivity index is 1.75. The number of unbranched alkanes of at least 4 members (excludes halogenated alkanes) is 1. The third-order valence-corrected chi connectivity index (χ3v) is 9.24. The highest BCUT2D eigenvalue weighted by atomic mass is 35.5. The smallest absolute Gasteiger partial charge is 0.416 e. The second kappa shape index (κ2) is 13.5. The van der Waals surface area contributed by atoms with E-state index in [9.17, 15) is 27.6 Å². The molecule has 0 unspecified atom stereocenters. The van der Waals surface area contributed by atoms with E-state index in [0.29, 0.717) is 30.7 Å². The highest BCUT2D eigenvalue weighted by Gasteiger charge is 2.52. The largest absolute Gasteiger partial charge is 0.481 e. The monoisotopic (exact) mass is 647 g/mol. The Kier molecular flexibility index (Phi) is 10.4. The van der Waals surface area contributed by atoms with Gasteiger partial charge >= 0.3 is 12.1 Å². The van der Waals surface area contributed by atoms with Crippen molar-refractivity contribution in [1.29, 1.82) is 0 Å². The van der Waals surface area contributed by atoms with Crippen molar-refractivity contribution >= 4 is 35.1 Å². The van der Waals surface area contributed by atoms with Gasteiger partial charge in [0.15, 0.2) is 0 Å². The van der Waals surface area contributed by atoms with E-state index in [1.54, 1.807) is 29.2 Å². The minimum absolute atomic E-state index is 0.00489. The number of hydrogen-bond donors (Lipinski definition) is 2. The van der Waals surface area contributed by atoms with Gasteiger partial charge in [0, 0.05) is 22.7 Å². The lowest BCUT2D eigenvalue weighted by Gasteiger charge is -2.47. The zero-order valence-corrected chi connectivity index (χ0v) is 26.9. The number of rotatable bonds is 10. The molecule has 1 saturated carbocycles. The van der Waals surface area contributed by atoms with Crippen LogP contribution in [0.2, 0.25) is 5.02 Å². The lowest BCUT2D eigenvalue weighted by atomic mass is 9.69. The quantitative estimate of drug-likeness (QED) is 0.273. The van der Waals surface area contributed by atoms with Crippen LogP contribution in [0.1, 0.15) is 112 Å². The molecule has 0 saturated heterocycles. The number of benzene rings is 2. The highest BCUT2D eigenvalue weighted by molar-refractivity contribution is 6.47. The standard InChI is InChI=1S/C34H41ClF3N3O4/c1-5-6-7-27(21-8-10-22(11-9-21)30(44)39-17-14-28(42)43)41-31(45)29(23-18-25(34(36,37)38)20-26(35)19-23)40-33(41)15-12-24(13-16-33)32(2,3)4/h8-11,18-20,24,27H,5-7,12-17H2,1-4H3,(H,39,44)(H,42,43)/t24?,27-,33?/m1/s1. The van der Waals surface area contributed by atoms with Crippen molar-refractivity contribution in [3.63, 3.8) is 0 Å². The van der Waals surface area contributed by atoms with E-state index in [0.717, 1.165) is 43.4 Å². The molecule has 1 aliphatic heterocycles. The van der Waals surface area contributed by atoms with Crippen LogP contribution in [0.5, 0.6) is 0 Å². The first kappa shape index (κ1) is 34.5. The van der Waals surface area contributed by atoms with Crippen molar-refractivity contribution in [3.8, 4) is 0 Å². The summed E-state index contributed by atoms with van der Waals surface area (Å²) in [5.74, 6) is -1.46. The van der Waals surface area contributed by atoms with Gasteiger partial charge in [-0.15, -0.1) is 0 Å². The Labute approximate surface area is 267 Å². The molecule has 1 aliphatic carbocycles. The summed E-state index contributed by atoms with van der Waals surface area (Å²) >= 11 is 6.14. The molecule has 2 N–H and O–H groups in total. The number of nitrogens with zero attached hydrogens (tertiary/aromatic N) is 2. The van der Waals surface area contributed by atoms with Gasteiger partial charge in [-0.25, -0.2) is 0 Å². The van der Waals surface area contributed by atoms with Gasteiger partial charge in [-0.05, 0) is 79.3 Å². The number of hydrogen-bond acceptors (Lipinski definition) is 4. The molecule has 0 aromatic heterocycles. The normalized spacial score (nSPS) is 21.2. The molecular formula is C34H41ClF3N3O4. The molecule has 244 valence electrons. The summed E-state index contributed by atoms with van der Waals surface area (Å²) in [5, 5.41) is 11.3. The van der Waals surface area contributed by atoms with Crippen LogP contribution in [0.15, 0.2) is 47.5 Å². The van der Waals surface area contributed by atoms with Crippen molar-refractivity contribution in [2.45, 2.75) is 96.9 Å². The van der Waals surface area contributed by atoms with Gasteiger partial charge in [0.2, 0.25) is 0 Å². The van der Waals surface area contributed by atoms with Crippen LogP contribution in [0.25, 0.3) is 0 Å². The number of aliphatic carboxylic acids is 1. The number of carbonyl (C=O) groups is 3. The summed E-state index contributed by atoms with van der Waals surface area (Å²) < 4.78 is 41.2. The maximum Gasteiger partial charge on any atom is 0.416 e. The number of amides is 2. The third-order valence-electron chi connectivity index (χ3n) is 9.02. The number of halogens is 4. The maximum absolute atomic E-state index is 14.4. The van der Waals surface area contributed by atoms with Crippen LogP contribution in [-0.4, -0.2) is 45.7 Å². The van der Waals surface area contributed by atoms with Crippen molar-refractivity contribution < 1.29 is 32.7 Å². The predicted octanol–water partition coefficient (Wildman–Crippen LogP) is 8.06. The van der Waals surface area contributed by atoms with Gasteiger partial charge in [0.25, 0.3) is 11.8 Å². The average molecular weight is 648 g/mol. The molecule has 11 heteroatoms. The second-order valence-corrected chi connectivity index (χ2v) is 13.6. The van der Waals surface area contributed by atoms with Crippen LogP contribution >= 0.6 is 11.6 Å². The molecule has 1 fully saturated rings. The number of aliphatic imine (C=N–C) groups is 1. The SMILES string of the molecule is CCCC[C@H](c1ccc(C(=O)NCCC(=O)O)cc1)N1C(=O)C(c2cc(Cl)cc(C(F)(F)F)c2)=NC12CCC(C(C)(C)C)CC2. The van der Waals surface area contributed by atoms with Crippen LogP contribution in [0.4, 0.5) is 13.2 Å². The summed E-state index contributed by atoms with van der Waals surface area (Å²) in [7, 11) is 0. The van der Waals surface area contributed by atoms with E-state index in [1.165, 1.54) is 6.07 Å². The summed E-state index contributed by atoms with van der Waals surface area (Å²) in [6, 6.07) is 9.57. The molecule has 45 heavy (non-hydrogen) atoms. The molecule has 2 aliphatic rings.